The van der Waals surface area contributed by atoms with Crippen LogP contribution >= 0.6 is 0 Å². The summed E-state index contributed by atoms with van der Waals surface area (Å²) < 4.78 is 5.38. The third kappa shape index (κ3) is 7.56. The van der Waals surface area contributed by atoms with E-state index in [0.717, 1.165) is 17.0 Å². The van der Waals surface area contributed by atoms with Gasteiger partial charge in [0.2, 0.25) is 0 Å². The summed E-state index contributed by atoms with van der Waals surface area (Å²) in [5.74, 6) is 0.595. The Labute approximate surface area is 202 Å². The fraction of sp³-hybridized carbons (Fsp3) is 0.621. The molecule has 2 heterocycles. The summed E-state index contributed by atoms with van der Waals surface area (Å²) in [7, 11) is 1.59. The highest BCUT2D eigenvalue weighted by Crippen LogP contribution is 2.36. The van der Waals surface area contributed by atoms with Crippen LogP contribution in [0.25, 0.3) is 0 Å². The fourth-order valence-corrected chi connectivity index (χ4v) is 3.46. The summed E-state index contributed by atoms with van der Waals surface area (Å²) in [6.45, 7) is 28.1. The number of pyridine rings is 2. The highest BCUT2D eigenvalue weighted by atomic mass is 16.5. The van der Waals surface area contributed by atoms with E-state index in [4.69, 9.17) is 4.74 Å². The second kappa shape index (κ2) is 9.84. The molecule has 2 aromatic rings. The number of aromatic nitrogens is 2. The second-order valence-electron chi connectivity index (χ2n) is 12.9. The zero-order chi connectivity index (χ0) is 26.0. The van der Waals surface area contributed by atoms with E-state index in [1.807, 2.05) is 6.20 Å². The van der Waals surface area contributed by atoms with Crippen molar-refractivity contribution in [3.05, 3.63) is 52.1 Å². The molecule has 2 rings (SSSR count). The highest BCUT2D eigenvalue weighted by molar-refractivity contribution is 5.49. The minimum Gasteiger partial charge on any atom is -0.493 e. The number of methoxy groups -OCH3 is 1. The van der Waals surface area contributed by atoms with Gasteiger partial charge in [-0.2, -0.15) is 5.26 Å². The van der Waals surface area contributed by atoms with Crippen molar-refractivity contribution in [2.45, 2.75) is 112 Å². The van der Waals surface area contributed by atoms with Gasteiger partial charge < -0.3 is 4.74 Å². The normalized spacial score (nSPS) is 12.5. The summed E-state index contributed by atoms with van der Waals surface area (Å²) in [6, 6.07) is 6.50. The van der Waals surface area contributed by atoms with Crippen LogP contribution in [0, 0.1) is 18.3 Å². The van der Waals surface area contributed by atoms with Crippen molar-refractivity contribution in [3.8, 4) is 11.8 Å². The number of hydrogen-bond acceptors (Lipinski definition) is 4. The summed E-state index contributed by atoms with van der Waals surface area (Å²) in [5.41, 5.74) is 6.33. The molecule has 0 atom stereocenters. The first-order chi connectivity index (χ1) is 14.7. The predicted molar refractivity (Wildman–Crippen MR) is 139 cm³/mol. The Balaban J connectivity index is 0.000000335. The number of nitrogens with zero attached hydrogens (tertiary/aromatic N) is 3. The van der Waals surface area contributed by atoms with E-state index in [1.54, 1.807) is 7.11 Å². The van der Waals surface area contributed by atoms with E-state index in [1.165, 1.54) is 11.1 Å². The molecule has 0 aliphatic carbocycles. The summed E-state index contributed by atoms with van der Waals surface area (Å²) in [6.07, 6.45) is 2.00. The molecule has 0 aliphatic heterocycles. The molecule has 0 amide bonds. The Morgan fingerprint density at radius 2 is 1.27 bits per heavy atom. The quantitative estimate of drug-likeness (QED) is 0.449. The van der Waals surface area contributed by atoms with E-state index in [9.17, 15) is 5.26 Å². The summed E-state index contributed by atoms with van der Waals surface area (Å²) in [5, 5.41) is 9.24. The average molecular weight is 452 g/mol. The van der Waals surface area contributed by atoms with Gasteiger partial charge in [0.15, 0.2) is 11.4 Å². The number of ether oxygens (including phenoxy) is 1. The molecule has 0 aliphatic rings. The van der Waals surface area contributed by atoms with E-state index >= 15 is 0 Å². The van der Waals surface area contributed by atoms with Crippen molar-refractivity contribution < 1.29 is 4.74 Å². The number of aryl methyl sites for hydroxylation is 1. The van der Waals surface area contributed by atoms with Crippen LogP contribution in [0.1, 0.15) is 117 Å². The molecular weight excluding hydrogens is 406 g/mol. The smallest absolute Gasteiger partial charge is 0.183 e. The molecule has 33 heavy (non-hydrogen) atoms. The minimum atomic E-state index is -0.0854. The van der Waals surface area contributed by atoms with Crippen molar-refractivity contribution in [3.63, 3.8) is 0 Å². The average Bonchev–Trinajstić information content (AvgIpc) is 2.64. The molecule has 0 saturated heterocycles. The van der Waals surface area contributed by atoms with E-state index in [2.05, 4.69) is 118 Å². The van der Waals surface area contributed by atoms with Crippen molar-refractivity contribution in [1.82, 2.24) is 9.97 Å². The van der Waals surface area contributed by atoms with Crippen LogP contribution in [0.2, 0.25) is 0 Å². The van der Waals surface area contributed by atoms with Crippen LogP contribution in [0.15, 0.2) is 18.3 Å². The zero-order valence-electron chi connectivity index (χ0n) is 23.5. The molecule has 0 saturated carbocycles. The number of rotatable bonds is 1. The predicted octanol–water partition coefficient (Wildman–Crippen LogP) is 7.54. The van der Waals surface area contributed by atoms with Crippen LogP contribution in [0.3, 0.4) is 0 Å². The Hall–Kier alpha value is -2.41. The zero-order valence-corrected chi connectivity index (χ0v) is 23.5. The van der Waals surface area contributed by atoms with Gasteiger partial charge in [-0.15, -0.1) is 0 Å². The van der Waals surface area contributed by atoms with E-state index in [0.29, 0.717) is 11.4 Å². The molecule has 0 spiro atoms. The van der Waals surface area contributed by atoms with Crippen molar-refractivity contribution in [2.75, 3.05) is 7.11 Å². The summed E-state index contributed by atoms with van der Waals surface area (Å²) in [4.78, 5) is 8.93. The van der Waals surface area contributed by atoms with Gasteiger partial charge >= 0.3 is 0 Å². The molecule has 4 nitrogen and oxygen atoms in total. The standard InChI is InChI=1S/C15H22N2O.C14H23N/c1-14(2,3)10-8-12(15(4,5)6)17-11(9-16)13(10)18-7;1-10-12(14(5,6)7)8-11(9-15-10)13(2,3)4/h8H,1-7H3;8-9H,1-7H3. The molecule has 0 unspecified atom stereocenters. The molecule has 0 N–H and O–H groups in total. The molecule has 0 bridgehead atoms. The minimum absolute atomic E-state index is 0.0834. The third-order valence-corrected chi connectivity index (χ3v) is 5.62. The van der Waals surface area contributed by atoms with Crippen LogP contribution in [-0.2, 0) is 21.7 Å². The third-order valence-electron chi connectivity index (χ3n) is 5.62. The van der Waals surface area contributed by atoms with Gasteiger partial charge in [0.05, 0.1) is 7.11 Å². The molecule has 2 aromatic heterocycles. The van der Waals surface area contributed by atoms with Crippen molar-refractivity contribution >= 4 is 0 Å². The topological polar surface area (TPSA) is 58.8 Å². The lowest BCUT2D eigenvalue weighted by Gasteiger charge is -2.26. The maximum Gasteiger partial charge on any atom is 0.183 e. The summed E-state index contributed by atoms with van der Waals surface area (Å²) >= 11 is 0. The lowest BCUT2D eigenvalue weighted by Crippen LogP contribution is -2.20. The highest BCUT2D eigenvalue weighted by Gasteiger charge is 2.27. The SMILES string of the molecule is COc1c(C(C)(C)C)cc(C(C)(C)C)nc1C#N.Cc1ncc(C(C)(C)C)cc1C(C)(C)C. The molecule has 4 heteroatoms. The van der Waals surface area contributed by atoms with Gasteiger partial charge in [-0.3, -0.25) is 4.98 Å². The Morgan fingerprint density at radius 1 is 0.758 bits per heavy atom. The lowest BCUT2D eigenvalue weighted by molar-refractivity contribution is 0.391. The van der Waals surface area contributed by atoms with Crippen molar-refractivity contribution in [1.29, 1.82) is 5.26 Å². The Kier molecular flexibility index (Phi) is 8.53. The van der Waals surface area contributed by atoms with E-state index in [-0.39, 0.29) is 21.7 Å². The van der Waals surface area contributed by atoms with Crippen LogP contribution in [-0.4, -0.2) is 17.1 Å². The fourth-order valence-electron chi connectivity index (χ4n) is 3.46. The van der Waals surface area contributed by atoms with Gasteiger partial charge in [0.25, 0.3) is 0 Å². The van der Waals surface area contributed by atoms with Gasteiger partial charge in [-0.25, -0.2) is 4.98 Å². The van der Waals surface area contributed by atoms with Crippen molar-refractivity contribution in [2.24, 2.45) is 0 Å². The second-order valence-corrected chi connectivity index (χ2v) is 12.9. The molecular formula is C29H45N3O. The lowest BCUT2D eigenvalue weighted by atomic mass is 9.81. The molecule has 0 fully saturated rings. The van der Waals surface area contributed by atoms with Gasteiger partial charge in [0.1, 0.15) is 6.07 Å². The maximum absolute atomic E-state index is 9.24. The Morgan fingerprint density at radius 3 is 1.64 bits per heavy atom. The van der Waals surface area contributed by atoms with Gasteiger partial charge in [0, 0.05) is 28.6 Å². The van der Waals surface area contributed by atoms with E-state index < -0.39 is 0 Å². The first kappa shape index (κ1) is 28.6. The monoisotopic (exact) mass is 451 g/mol. The van der Waals surface area contributed by atoms with Crippen LogP contribution in [0.5, 0.6) is 5.75 Å². The number of hydrogen-bond donors (Lipinski definition) is 0. The first-order valence-corrected chi connectivity index (χ1v) is 11.7. The number of nitriles is 1. The largest absolute Gasteiger partial charge is 0.493 e. The van der Waals surface area contributed by atoms with Gasteiger partial charge in [-0.1, -0.05) is 89.2 Å². The maximum atomic E-state index is 9.24. The van der Waals surface area contributed by atoms with Gasteiger partial charge in [-0.05, 0) is 40.4 Å². The van der Waals surface area contributed by atoms with Crippen LogP contribution < -0.4 is 4.74 Å². The molecule has 0 aromatic carbocycles. The Bertz CT molecular complexity index is 1000. The molecule has 182 valence electrons. The first-order valence-electron chi connectivity index (χ1n) is 11.7. The molecule has 0 radical (unpaired) electrons. The van der Waals surface area contributed by atoms with Crippen LogP contribution in [0.4, 0.5) is 0 Å².